The number of rotatable bonds is 8. The van der Waals surface area contributed by atoms with Gasteiger partial charge in [-0.05, 0) is 68.3 Å². The third kappa shape index (κ3) is 6.34. The lowest BCUT2D eigenvalue weighted by molar-refractivity contribution is 0.102. The summed E-state index contributed by atoms with van der Waals surface area (Å²) in [6.45, 7) is 5.98. The molecule has 1 N–H and O–H groups in total. The molecule has 0 radical (unpaired) electrons. The van der Waals surface area contributed by atoms with Crippen molar-refractivity contribution in [3.63, 3.8) is 0 Å². The van der Waals surface area contributed by atoms with Gasteiger partial charge < -0.3 is 10.1 Å². The third-order valence-corrected chi connectivity index (χ3v) is 5.84. The molecule has 0 spiro atoms. The second-order valence-electron chi connectivity index (χ2n) is 7.95. The number of ether oxygens (including phenoxy) is 1. The van der Waals surface area contributed by atoms with E-state index >= 15 is 0 Å². The van der Waals surface area contributed by atoms with Crippen molar-refractivity contribution in [3.8, 4) is 5.75 Å². The van der Waals surface area contributed by atoms with Crippen LogP contribution < -0.4 is 14.4 Å². The molecule has 7 heteroatoms. The van der Waals surface area contributed by atoms with Gasteiger partial charge in [-0.3, -0.25) is 9.10 Å². The Morgan fingerprint density at radius 1 is 1.00 bits per heavy atom. The third-order valence-electron chi connectivity index (χ3n) is 4.70. The van der Waals surface area contributed by atoms with E-state index in [0.29, 0.717) is 22.7 Å². The van der Waals surface area contributed by atoms with Crippen molar-refractivity contribution >= 4 is 27.3 Å². The van der Waals surface area contributed by atoms with E-state index in [4.69, 9.17) is 4.74 Å². The number of hydrogen-bond donors (Lipinski definition) is 1. The Morgan fingerprint density at radius 2 is 1.69 bits per heavy atom. The second kappa shape index (κ2) is 9.87. The van der Waals surface area contributed by atoms with E-state index < -0.39 is 10.0 Å². The molecule has 0 saturated carbocycles. The Kier molecular flexibility index (Phi) is 7.20. The lowest BCUT2D eigenvalue weighted by Gasteiger charge is -2.23. The first-order chi connectivity index (χ1) is 15.1. The van der Waals surface area contributed by atoms with Gasteiger partial charge in [-0.2, -0.15) is 0 Å². The van der Waals surface area contributed by atoms with Crippen molar-refractivity contribution in [1.82, 2.24) is 0 Å². The summed E-state index contributed by atoms with van der Waals surface area (Å²) in [5.74, 6) is 0.432. The Morgan fingerprint density at radius 3 is 2.31 bits per heavy atom. The van der Waals surface area contributed by atoms with Gasteiger partial charge in [0.05, 0.1) is 24.6 Å². The van der Waals surface area contributed by atoms with E-state index in [1.54, 1.807) is 42.5 Å². The highest BCUT2D eigenvalue weighted by Gasteiger charge is 2.18. The summed E-state index contributed by atoms with van der Waals surface area (Å²) in [6.07, 6.45) is 1.23. The fourth-order valence-corrected chi connectivity index (χ4v) is 4.11. The number of carbonyl (C=O) groups is 1. The number of amides is 1. The fourth-order valence-electron chi connectivity index (χ4n) is 3.23. The Balaban J connectivity index is 1.73. The first-order valence-corrected chi connectivity index (χ1v) is 12.2. The van der Waals surface area contributed by atoms with Gasteiger partial charge in [0.2, 0.25) is 10.0 Å². The van der Waals surface area contributed by atoms with Gasteiger partial charge in [0.15, 0.2) is 0 Å². The van der Waals surface area contributed by atoms with Crippen LogP contribution in [-0.4, -0.2) is 26.7 Å². The fraction of sp³-hybridized carbons (Fsp3) is 0.240. The highest BCUT2D eigenvalue weighted by atomic mass is 32.2. The summed E-state index contributed by atoms with van der Waals surface area (Å²) in [5, 5.41) is 2.86. The summed E-state index contributed by atoms with van der Waals surface area (Å²) >= 11 is 0. The van der Waals surface area contributed by atoms with Crippen molar-refractivity contribution in [2.75, 3.05) is 15.9 Å². The average Bonchev–Trinajstić information content (AvgIpc) is 2.71. The first-order valence-electron chi connectivity index (χ1n) is 10.3. The molecule has 6 nitrogen and oxygen atoms in total. The first kappa shape index (κ1) is 23.3. The number of carbonyl (C=O) groups excluding carboxylic acids is 1. The summed E-state index contributed by atoms with van der Waals surface area (Å²) in [4.78, 5) is 12.6. The molecule has 0 fully saturated rings. The number of benzene rings is 3. The van der Waals surface area contributed by atoms with Crippen LogP contribution in [0.2, 0.25) is 0 Å². The monoisotopic (exact) mass is 452 g/mol. The van der Waals surface area contributed by atoms with Crippen LogP contribution in [0.5, 0.6) is 5.75 Å². The molecule has 0 saturated heterocycles. The smallest absolute Gasteiger partial charge is 0.255 e. The summed E-state index contributed by atoms with van der Waals surface area (Å²) < 4.78 is 31.8. The standard InChI is InChI=1S/C25H28N2O4S/c1-18(2)31-24-10-6-8-22(16-24)26-25(28)21-13-11-20(12-14-21)17-27(32(4,29)30)23-9-5-7-19(3)15-23/h5-16,18H,17H2,1-4H3,(H,26,28). The minimum absolute atomic E-state index is 0.0415. The quantitative estimate of drug-likeness (QED) is 0.522. The molecule has 0 atom stereocenters. The van der Waals surface area contributed by atoms with E-state index in [-0.39, 0.29) is 18.6 Å². The van der Waals surface area contributed by atoms with E-state index in [1.807, 2.05) is 51.1 Å². The van der Waals surface area contributed by atoms with Crippen molar-refractivity contribution in [3.05, 3.63) is 89.5 Å². The second-order valence-corrected chi connectivity index (χ2v) is 9.86. The van der Waals surface area contributed by atoms with Crippen LogP contribution >= 0.6 is 0 Å². The molecule has 0 aliphatic carbocycles. The van der Waals surface area contributed by atoms with Crippen LogP contribution in [0, 0.1) is 6.92 Å². The van der Waals surface area contributed by atoms with Gasteiger partial charge in [0.25, 0.3) is 5.91 Å². The van der Waals surface area contributed by atoms with Gasteiger partial charge in [-0.25, -0.2) is 8.42 Å². The minimum atomic E-state index is -3.47. The van der Waals surface area contributed by atoms with Crippen molar-refractivity contribution in [1.29, 1.82) is 0 Å². The highest BCUT2D eigenvalue weighted by molar-refractivity contribution is 7.92. The molecule has 0 bridgehead atoms. The maximum Gasteiger partial charge on any atom is 0.255 e. The topological polar surface area (TPSA) is 75.7 Å². The number of hydrogen-bond acceptors (Lipinski definition) is 4. The van der Waals surface area contributed by atoms with Gasteiger partial charge in [0, 0.05) is 17.3 Å². The van der Waals surface area contributed by atoms with Crippen molar-refractivity contribution < 1.29 is 17.9 Å². The molecule has 0 aromatic heterocycles. The van der Waals surface area contributed by atoms with E-state index in [9.17, 15) is 13.2 Å². The molecular formula is C25H28N2O4S. The van der Waals surface area contributed by atoms with Crippen LogP contribution in [0.25, 0.3) is 0 Å². The zero-order chi connectivity index (χ0) is 23.3. The molecule has 3 aromatic rings. The average molecular weight is 453 g/mol. The largest absolute Gasteiger partial charge is 0.491 e. The Hall–Kier alpha value is -3.32. The van der Waals surface area contributed by atoms with E-state index in [2.05, 4.69) is 5.32 Å². The van der Waals surface area contributed by atoms with Crippen LogP contribution in [0.4, 0.5) is 11.4 Å². The van der Waals surface area contributed by atoms with Gasteiger partial charge >= 0.3 is 0 Å². The number of aryl methyl sites for hydroxylation is 1. The zero-order valence-electron chi connectivity index (χ0n) is 18.7. The lowest BCUT2D eigenvalue weighted by Crippen LogP contribution is -2.29. The number of nitrogens with zero attached hydrogens (tertiary/aromatic N) is 1. The number of nitrogens with one attached hydrogen (secondary N) is 1. The predicted octanol–water partition coefficient (Wildman–Crippen LogP) is 5.00. The lowest BCUT2D eigenvalue weighted by atomic mass is 10.1. The SMILES string of the molecule is Cc1cccc(N(Cc2ccc(C(=O)Nc3cccc(OC(C)C)c3)cc2)S(C)(=O)=O)c1. The maximum absolute atomic E-state index is 12.6. The molecule has 3 rings (SSSR count). The van der Waals surface area contributed by atoms with Crippen LogP contribution in [0.1, 0.15) is 35.3 Å². The molecule has 0 aliphatic rings. The minimum Gasteiger partial charge on any atom is -0.491 e. The van der Waals surface area contributed by atoms with E-state index in [0.717, 1.165) is 11.1 Å². The van der Waals surface area contributed by atoms with Crippen LogP contribution in [0.15, 0.2) is 72.8 Å². The molecule has 3 aromatic carbocycles. The van der Waals surface area contributed by atoms with Crippen molar-refractivity contribution in [2.45, 2.75) is 33.4 Å². The van der Waals surface area contributed by atoms with Crippen LogP contribution in [-0.2, 0) is 16.6 Å². The summed E-state index contributed by atoms with van der Waals surface area (Å²) in [7, 11) is -3.47. The number of sulfonamides is 1. The van der Waals surface area contributed by atoms with Crippen molar-refractivity contribution in [2.24, 2.45) is 0 Å². The molecule has 0 heterocycles. The van der Waals surface area contributed by atoms with Gasteiger partial charge in [0.1, 0.15) is 5.75 Å². The Bertz CT molecular complexity index is 1190. The molecule has 0 aliphatic heterocycles. The molecule has 1 amide bonds. The molecule has 32 heavy (non-hydrogen) atoms. The Labute approximate surface area is 189 Å². The van der Waals surface area contributed by atoms with Crippen LogP contribution in [0.3, 0.4) is 0 Å². The zero-order valence-corrected chi connectivity index (χ0v) is 19.5. The maximum atomic E-state index is 12.6. The highest BCUT2D eigenvalue weighted by Crippen LogP contribution is 2.23. The molecular weight excluding hydrogens is 424 g/mol. The predicted molar refractivity (Wildman–Crippen MR) is 129 cm³/mol. The summed E-state index contributed by atoms with van der Waals surface area (Å²) in [5.41, 5.74) is 3.48. The van der Waals surface area contributed by atoms with Gasteiger partial charge in [-0.15, -0.1) is 0 Å². The normalized spacial score (nSPS) is 11.3. The molecule has 0 unspecified atom stereocenters. The van der Waals surface area contributed by atoms with Gasteiger partial charge in [-0.1, -0.05) is 30.3 Å². The molecule has 168 valence electrons. The summed E-state index contributed by atoms with van der Waals surface area (Å²) in [6, 6.07) is 21.5. The number of anilines is 2. The van der Waals surface area contributed by atoms with E-state index in [1.165, 1.54) is 10.6 Å².